The predicted octanol–water partition coefficient (Wildman–Crippen LogP) is 3.14. The minimum atomic E-state index is -4.02. The lowest BCUT2D eigenvalue weighted by Gasteiger charge is -2.24. The minimum absolute atomic E-state index is 0.0569. The SMILES string of the molecule is CCCCCC(=O)N[C@H](C(=O)N[C@@H](C)C(=O)Nc1ccc(COC(C)=O)c(CCCOCCCS(=O)(=O)O)c1)C(C)C. The van der Waals surface area contributed by atoms with Gasteiger partial charge in [-0.25, -0.2) is 0 Å². The van der Waals surface area contributed by atoms with Crippen molar-refractivity contribution in [3.63, 3.8) is 0 Å². The van der Waals surface area contributed by atoms with Crippen molar-refractivity contribution >= 4 is 39.5 Å². The number of aryl methyl sites for hydroxylation is 1. The Balaban J connectivity index is 2.79. The highest BCUT2D eigenvalue weighted by Crippen LogP contribution is 2.19. The average Bonchev–Trinajstić information content (AvgIpc) is 2.89. The summed E-state index contributed by atoms with van der Waals surface area (Å²) in [7, 11) is -4.02. The number of anilines is 1. The van der Waals surface area contributed by atoms with Crippen LogP contribution in [-0.2, 0) is 51.8 Å². The molecule has 0 heterocycles. The van der Waals surface area contributed by atoms with Crippen LogP contribution >= 0.6 is 0 Å². The van der Waals surface area contributed by atoms with Crippen molar-refractivity contribution in [2.24, 2.45) is 5.92 Å². The Morgan fingerprint density at radius 2 is 1.62 bits per heavy atom. The Hall–Kier alpha value is -3.03. The molecular formula is C29H47N3O9S. The van der Waals surface area contributed by atoms with Crippen LogP contribution in [-0.4, -0.2) is 67.7 Å². The lowest BCUT2D eigenvalue weighted by atomic mass is 10.0. The Kier molecular flexibility index (Phi) is 16.9. The number of hydrogen-bond donors (Lipinski definition) is 4. The van der Waals surface area contributed by atoms with E-state index in [2.05, 4.69) is 16.0 Å². The lowest BCUT2D eigenvalue weighted by Crippen LogP contribution is -2.53. The second-order valence-electron chi connectivity index (χ2n) is 10.6. The van der Waals surface area contributed by atoms with E-state index in [1.807, 2.05) is 20.8 Å². The van der Waals surface area contributed by atoms with Crippen molar-refractivity contribution in [3.8, 4) is 0 Å². The number of benzene rings is 1. The largest absolute Gasteiger partial charge is 0.461 e. The zero-order chi connectivity index (χ0) is 31.7. The van der Waals surface area contributed by atoms with Gasteiger partial charge in [0.15, 0.2) is 0 Å². The van der Waals surface area contributed by atoms with Crippen molar-refractivity contribution in [3.05, 3.63) is 29.3 Å². The van der Waals surface area contributed by atoms with Crippen LogP contribution in [0.3, 0.4) is 0 Å². The van der Waals surface area contributed by atoms with Crippen LogP contribution in [0.15, 0.2) is 18.2 Å². The number of carbonyl (C=O) groups is 4. The van der Waals surface area contributed by atoms with Gasteiger partial charge >= 0.3 is 5.97 Å². The van der Waals surface area contributed by atoms with E-state index in [4.69, 9.17) is 14.0 Å². The lowest BCUT2D eigenvalue weighted by molar-refractivity contribution is -0.142. The van der Waals surface area contributed by atoms with Crippen LogP contribution in [0, 0.1) is 5.92 Å². The van der Waals surface area contributed by atoms with E-state index in [0.29, 0.717) is 31.6 Å². The second kappa shape index (κ2) is 19.2. The molecule has 42 heavy (non-hydrogen) atoms. The second-order valence-corrected chi connectivity index (χ2v) is 12.2. The molecule has 0 aliphatic carbocycles. The standard InChI is InChI=1S/C29H47N3O9S/c1-6-7-8-12-26(34)32-27(20(2)3)29(36)30-21(4)28(35)31-25-14-13-24(19-41-22(5)33)23(18-25)11-9-15-40-16-10-17-42(37,38)39/h13-14,18,20-21,27H,6-12,15-17,19H2,1-5H3,(H,30,36)(H,31,35)(H,32,34)(H,37,38,39)/t21-,27-/m0/s1. The third-order valence-corrected chi connectivity index (χ3v) is 7.16. The fourth-order valence-electron chi connectivity index (χ4n) is 4.00. The third kappa shape index (κ3) is 15.8. The van der Waals surface area contributed by atoms with Gasteiger partial charge in [0.25, 0.3) is 10.1 Å². The summed E-state index contributed by atoms with van der Waals surface area (Å²) in [5.41, 5.74) is 2.06. The van der Waals surface area contributed by atoms with E-state index in [0.717, 1.165) is 30.4 Å². The molecule has 1 aromatic rings. The maximum atomic E-state index is 12.9. The highest BCUT2D eigenvalue weighted by Gasteiger charge is 2.27. The maximum Gasteiger partial charge on any atom is 0.302 e. The summed E-state index contributed by atoms with van der Waals surface area (Å²) in [5.74, 6) is -2.05. The van der Waals surface area contributed by atoms with Gasteiger partial charge in [-0.1, -0.05) is 39.7 Å². The fourth-order valence-corrected chi connectivity index (χ4v) is 4.48. The minimum Gasteiger partial charge on any atom is -0.461 e. The molecule has 0 fully saturated rings. The molecule has 0 spiro atoms. The molecule has 2 atom stereocenters. The van der Waals surface area contributed by atoms with Crippen molar-refractivity contribution in [1.29, 1.82) is 0 Å². The van der Waals surface area contributed by atoms with Crippen molar-refractivity contribution < 1.29 is 41.6 Å². The molecule has 0 aromatic heterocycles. The molecule has 0 aliphatic heterocycles. The number of carbonyl (C=O) groups excluding carboxylic acids is 4. The Morgan fingerprint density at radius 1 is 0.929 bits per heavy atom. The first-order valence-electron chi connectivity index (χ1n) is 14.4. The van der Waals surface area contributed by atoms with Gasteiger partial charge in [0.1, 0.15) is 18.7 Å². The normalized spacial score (nSPS) is 12.8. The van der Waals surface area contributed by atoms with E-state index in [1.54, 1.807) is 25.1 Å². The van der Waals surface area contributed by atoms with Crippen LogP contribution in [0.5, 0.6) is 0 Å². The quantitative estimate of drug-likeness (QED) is 0.0977. The van der Waals surface area contributed by atoms with Crippen LogP contribution in [0.4, 0.5) is 5.69 Å². The first-order chi connectivity index (χ1) is 19.7. The Morgan fingerprint density at radius 3 is 2.24 bits per heavy atom. The number of amides is 3. The zero-order valence-electron chi connectivity index (χ0n) is 25.4. The monoisotopic (exact) mass is 613 g/mol. The van der Waals surface area contributed by atoms with E-state index in [1.165, 1.54) is 6.92 Å². The van der Waals surface area contributed by atoms with Crippen molar-refractivity contribution in [2.45, 2.75) is 98.3 Å². The van der Waals surface area contributed by atoms with Crippen LogP contribution < -0.4 is 16.0 Å². The molecule has 0 aliphatic rings. The molecule has 0 saturated heterocycles. The smallest absolute Gasteiger partial charge is 0.302 e. The molecule has 0 bridgehead atoms. The first kappa shape index (κ1) is 37.0. The van der Waals surface area contributed by atoms with Gasteiger partial charge in [-0.2, -0.15) is 8.42 Å². The van der Waals surface area contributed by atoms with Gasteiger partial charge in [0.2, 0.25) is 17.7 Å². The van der Waals surface area contributed by atoms with Gasteiger partial charge in [-0.15, -0.1) is 0 Å². The highest BCUT2D eigenvalue weighted by molar-refractivity contribution is 7.85. The Labute approximate surface area is 249 Å². The van der Waals surface area contributed by atoms with E-state index < -0.39 is 40.0 Å². The molecule has 12 nitrogen and oxygen atoms in total. The molecular weight excluding hydrogens is 566 g/mol. The number of rotatable bonds is 20. The number of esters is 1. The number of nitrogens with one attached hydrogen (secondary N) is 3. The summed E-state index contributed by atoms with van der Waals surface area (Å²) < 4.78 is 40.9. The molecule has 0 radical (unpaired) electrons. The van der Waals surface area contributed by atoms with Crippen LogP contribution in [0.2, 0.25) is 0 Å². The molecule has 1 rings (SSSR count). The zero-order valence-corrected chi connectivity index (χ0v) is 26.2. The molecule has 0 saturated carbocycles. The molecule has 1 aromatic carbocycles. The fraction of sp³-hybridized carbons (Fsp3) is 0.655. The van der Waals surface area contributed by atoms with Crippen LogP contribution in [0.25, 0.3) is 0 Å². The molecule has 4 N–H and O–H groups in total. The average molecular weight is 614 g/mol. The summed E-state index contributed by atoms with van der Waals surface area (Å²) in [6, 6.07) is 3.53. The van der Waals surface area contributed by atoms with Gasteiger partial charge in [0, 0.05) is 32.2 Å². The number of ether oxygens (including phenoxy) is 2. The highest BCUT2D eigenvalue weighted by atomic mass is 32.2. The predicted molar refractivity (Wildman–Crippen MR) is 159 cm³/mol. The summed E-state index contributed by atoms with van der Waals surface area (Å²) >= 11 is 0. The van der Waals surface area contributed by atoms with Crippen molar-refractivity contribution in [2.75, 3.05) is 24.3 Å². The van der Waals surface area contributed by atoms with Gasteiger partial charge in [-0.05, 0) is 61.8 Å². The third-order valence-electron chi connectivity index (χ3n) is 6.36. The topological polar surface area (TPSA) is 177 Å². The van der Waals surface area contributed by atoms with Gasteiger partial charge in [0.05, 0.1) is 5.75 Å². The Bertz CT molecular complexity index is 1140. The molecule has 3 amide bonds. The molecule has 13 heteroatoms. The van der Waals surface area contributed by atoms with Gasteiger partial charge < -0.3 is 25.4 Å². The van der Waals surface area contributed by atoms with E-state index >= 15 is 0 Å². The van der Waals surface area contributed by atoms with Gasteiger partial charge in [-0.3, -0.25) is 23.7 Å². The van der Waals surface area contributed by atoms with E-state index in [9.17, 15) is 27.6 Å². The maximum absolute atomic E-state index is 12.9. The van der Waals surface area contributed by atoms with Crippen LogP contribution in [0.1, 0.15) is 84.3 Å². The summed E-state index contributed by atoms with van der Waals surface area (Å²) in [6.45, 7) is 9.14. The van der Waals surface area contributed by atoms with Crippen molar-refractivity contribution in [1.82, 2.24) is 10.6 Å². The number of unbranched alkanes of at least 4 members (excludes halogenated alkanes) is 2. The van der Waals surface area contributed by atoms with E-state index in [-0.39, 0.29) is 37.2 Å². The molecule has 0 unspecified atom stereocenters. The first-order valence-corrected chi connectivity index (χ1v) is 16.0. The number of hydrogen-bond acceptors (Lipinski definition) is 8. The molecule has 238 valence electrons. The summed E-state index contributed by atoms with van der Waals surface area (Å²) in [4.78, 5) is 49.4. The summed E-state index contributed by atoms with van der Waals surface area (Å²) in [5, 5.41) is 8.26. The summed E-state index contributed by atoms with van der Waals surface area (Å²) in [6.07, 6.45) is 4.29.